The SMILES string of the molecule is Cc1ccc(N2C[C@@H](c3nc(-c4ccc(S(=O)(=O)N5CCCC5)cc4)no3)CC2=O)cc1. The Labute approximate surface area is 186 Å². The summed E-state index contributed by atoms with van der Waals surface area (Å²) in [6.07, 6.45) is 2.10. The Morgan fingerprint density at radius 1 is 1.00 bits per heavy atom. The van der Waals surface area contributed by atoms with Gasteiger partial charge in [-0.25, -0.2) is 8.42 Å². The van der Waals surface area contributed by atoms with Crippen LogP contribution in [-0.4, -0.2) is 48.4 Å². The molecule has 0 bridgehead atoms. The number of aryl methyl sites for hydroxylation is 1. The van der Waals surface area contributed by atoms with E-state index in [0.29, 0.717) is 43.3 Å². The maximum Gasteiger partial charge on any atom is 0.243 e. The summed E-state index contributed by atoms with van der Waals surface area (Å²) in [5, 5.41) is 4.06. The summed E-state index contributed by atoms with van der Waals surface area (Å²) >= 11 is 0. The van der Waals surface area contributed by atoms with Gasteiger partial charge in [0, 0.05) is 37.3 Å². The van der Waals surface area contributed by atoms with E-state index in [4.69, 9.17) is 4.52 Å². The maximum atomic E-state index is 12.7. The topological polar surface area (TPSA) is 96.6 Å². The number of aromatic nitrogens is 2. The summed E-state index contributed by atoms with van der Waals surface area (Å²) < 4.78 is 32.4. The Morgan fingerprint density at radius 2 is 1.69 bits per heavy atom. The van der Waals surface area contributed by atoms with Crippen LogP contribution in [0.1, 0.15) is 36.6 Å². The summed E-state index contributed by atoms with van der Waals surface area (Å²) in [5.74, 6) is 0.637. The zero-order chi connectivity index (χ0) is 22.3. The number of hydrogen-bond acceptors (Lipinski definition) is 6. The van der Waals surface area contributed by atoms with E-state index in [1.54, 1.807) is 29.2 Å². The molecule has 0 aliphatic carbocycles. The zero-order valence-corrected chi connectivity index (χ0v) is 18.6. The summed E-state index contributed by atoms with van der Waals surface area (Å²) in [6, 6.07) is 14.4. The molecule has 3 aromatic rings. The second-order valence-electron chi connectivity index (χ2n) is 8.33. The predicted octanol–water partition coefficient (Wildman–Crippen LogP) is 3.35. The fourth-order valence-corrected chi connectivity index (χ4v) is 5.74. The lowest BCUT2D eigenvalue weighted by Crippen LogP contribution is -2.27. The van der Waals surface area contributed by atoms with E-state index < -0.39 is 10.0 Å². The van der Waals surface area contributed by atoms with Gasteiger partial charge in [-0.2, -0.15) is 9.29 Å². The summed E-state index contributed by atoms with van der Waals surface area (Å²) in [4.78, 5) is 19.0. The molecule has 0 spiro atoms. The lowest BCUT2D eigenvalue weighted by Gasteiger charge is -2.16. The second-order valence-corrected chi connectivity index (χ2v) is 10.3. The van der Waals surface area contributed by atoms with Crippen LogP contribution in [0.4, 0.5) is 5.69 Å². The average Bonchev–Trinajstić information content (AvgIpc) is 3.55. The highest BCUT2D eigenvalue weighted by atomic mass is 32.2. The number of carbonyl (C=O) groups is 1. The third-order valence-electron chi connectivity index (χ3n) is 6.08. The van der Waals surface area contributed by atoms with E-state index in [9.17, 15) is 13.2 Å². The molecule has 2 saturated heterocycles. The molecule has 1 atom stereocenters. The number of anilines is 1. The summed E-state index contributed by atoms with van der Waals surface area (Å²) in [7, 11) is -3.46. The van der Waals surface area contributed by atoms with Crippen molar-refractivity contribution in [1.29, 1.82) is 0 Å². The maximum absolute atomic E-state index is 12.7. The predicted molar refractivity (Wildman–Crippen MR) is 119 cm³/mol. The van der Waals surface area contributed by atoms with Crippen LogP contribution in [0.3, 0.4) is 0 Å². The van der Waals surface area contributed by atoms with Gasteiger partial charge in [0.25, 0.3) is 0 Å². The molecule has 0 radical (unpaired) electrons. The first-order valence-corrected chi connectivity index (χ1v) is 12.2. The molecule has 0 N–H and O–H groups in total. The molecular formula is C23H24N4O4S. The third-order valence-corrected chi connectivity index (χ3v) is 7.99. The minimum Gasteiger partial charge on any atom is -0.339 e. The highest BCUT2D eigenvalue weighted by Gasteiger charge is 2.35. The number of amides is 1. The molecule has 5 rings (SSSR count). The van der Waals surface area contributed by atoms with Crippen molar-refractivity contribution in [3.05, 3.63) is 60.0 Å². The Morgan fingerprint density at radius 3 is 2.38 bits per heavy atom. The number of carbonyl (C=O) groups excluding carboxylic acids is 1. The minimum absolute atomic E-state index is 0.0232. The van der Waals surface area contributed by atoms with E-state index in [2.05, 4.69) is 10.1 Å². The van der Waals surface area contributed by atoms with Gasteiger partial charge in [-0.1, -0.05) is 22.9 Å². The number of sulfonamides is 1. The number of hydrogen-bond donors (Lipinski definition) is 0. The van der Waals surface area contributed by atoms with Gasteiger partial charge in [-0.3, -0.25) is 4.79 Å². The van der Waals surface area contributed by atoms with Crippen LogP contribution in [0.5, 0.6) is 0 Å². The molecule has 166 valence electrons. The molecule has 2 aromatic carbocycles. The molecule has 32 heavy (non-hydrogen) atoms. The van der Waals surface area contributed by atoms with Gasteiger partial charge >= 0.3 is 0 Å². The summed E-state index contributed by atoms with van der Waals surface area (Å²) in [5.41, 5.74) is 2.66. The smallest absolute Gasteiger partial charge is 0.243 e. The van der Waals surface area contributed by atoms with Gasteiger partial charge in [0.2, 0.25) is 27.6 Å². The number of benzene rings is 2. The van der Waals surface area contributed by atoms with Crippen molar-refractivity contribution in [2.24, 2.45) is 0 Å². The first kappa shape index (κ1) is 20.8. The highest BCUT2D eigenvalue weighted by molar-refractivity contribution is 7.89. The minimum atomic E-state index is -3.46. The molecule has 3 heterocycles. The van der Waals surface area contributed by atoms with Crippen molar-refractivity contribution in [2.75, 3.05) is 24.5 Å². The molecule has 8 nitrogen and oxygen atoms in total. The van der Waals surface area contributed by atoms with Crippen LogP contribution in [-0.2, 0) is 14.8 Å². The van der Waals surface area contributed by atoms with Gasteiger partial charge in [0.05, 0.1) is 10.8 Å². The van der Waals surface area contributed by atoms with Crippen LogP contribution in [0, 0.1) is 6.92 Å². The molecule has 0 saturated carbocycles. The van der Waals surface area contributed by atoms with Gasteiger partial charge in [-0.15, -0.1) is 0 Å². The zero-order valence-electron chi connectivity index (χ0n) is 17.8. The van der Waals surface area contributed by atoms with Crippen molar-refractivity contribution < 1.29 is 17.7 Å². The van der Waals surface area contributed by atoms with Crippen LogP contribution >= 0.6 is 0 Å². The van der Waals surface area contributed by atoms with Crippen molar-refractivity contribution >= 4 is 21.6 Å². The fourth-order valence-electron chi connectivity index (χ4n) is 4.22. The first-order valence-electron chi connectivity index (χ1n) is 10.7. The Hall–Kier alpha value is -3.04. The lowest BCUT2D eigenvalue weighted by molar-refractivity contribution is -0.117. The van der Waals surface area contributed by atoms with Crippen LogP contribution in [0.15, 0.2) is 57.9 Å². The van der Waals surface area contributed by atoms with E-state index >= 15 is 0 Å². The van der Waals surface area contributed by atoms with E-state index in [1.165, 1.54) is 4.31 Å². The lowest BCUT2D eigenvalue weighted by atomic mass is 10.1. The normalized spacial score (nSPS) is 19.7. The van der Waals surface area contributed by atoms with Crippen LogP contribution in [0.25, 0.3) is 11.4 Å². The Bertz CT molecular complexity index is 1230. The van der Waals surface area contributed by atoms with E-state index in [0.717, 1.165) is 24.1 Å². The van der Waals surface area contributed by atoms with Crippen molar-refractivity contribution in [3.8, 4) is 11.4 Å². The highest BCUT2D eigenvalue weighted by Crippen LogP contribution is 2.32. The quantitative estimate of drug-likeness (QED) is 0.589. The largest absolute Gasteiger partial charge is 0.339 e. The average molecular weight is 453 g/mol. The fraction of sp³-hybridized carbons (Fsp3) is 0.348. The van der Waals surface area contributed by atoms with Crippen LogP contribution in [0.2, 0.25) is 0 Å². The van der Waals surface area contributed by atoms with Crippen molar-refractivity contribution in [1.82, 2.24) is 14.4 Å². The molecular weight excluding hydrogens is 428 g/mol. The second kappa shape index (κ2) is 8.14. The monoisotopic (exact) mass is 452 g/mol. The summed E-state index contributed by atoms with van der Waals surface area (Å²) in [6.45, 7) is 3.62. The Balaban J connectivity index is 1.32. The molecule has 9 heteroatoms. The molecule has 1 amide bonds. The standard InChI is InChI=1S/C23H24N4O4S/c1-16-4-8-19(9-5-16)27-15-18(14-21(27)28)23-24-22(25-31-23)17-6-10-20(11-7-17)32(29,30)26-12-2-3-13-26/h4-11,18H,2-3,12-15H2,1H3/t18-/m0/s1. The van der Waals surface area contributed by atoms with Gasteiger partial charge in [0.1, 0.15) is 0 Å². The van der Waals surface area contributed by atoms with Crippen LogP contribution < -0.4 is 4.90 Å². The van der Waals surface area contributed by atoms with Crippen molar-refractivity contribution in [3.63, 3.8) is 0 Å². The molecule has 1 aromatic heterocycles. The third kappa shape index (κ3) is 3.82. The Kier molecular flexibility index (Phi) is 5.30. The molecule has 0 unspecified atom stereocenters. The molecule has 2 aliphatic heterocycles. The molecule has 2 fully saturated rings. The van der Waals surface area contributed by atoms with Gasteiger partial charge in [-0.05, 0) is 56.2 Å². The number of rotatable bonds is 5. The van der Waals surface area contributed by atoms with Gasteiger partial charge in [0.15, 0.2) is 0 Å². The number of nitrogens with zero attached hydrogens (tertiary/aromatic N) is 4. The van der Waals surface area contributed by atoms with Crippen molar-refractivity contribution in [2.45, 2.75) is 37.0 Å². The van der Waals surface area contributed by atoms with Gasteiger partial charge < -0.3 is 9.42 Å². The first-order chi connectivity index (χ1) is 15.4. The van der Waals surface area contributed by atoms with E-state index in [-0.39, 0.29) is 16.7 Å². The molecule has 2 aliphatic rings. The van der Waals surface area contributed by atoms with E-state index in [1.807, 2.05) is 31.2 Å².